The molecule has 0 aliphatic heterocycles. The number of aromatic nitrogens is 4. The Morgan fingerprint density at radius 1 is 1.09 bits per heavy atom. The highest BCUT2D eigenvalue weighted by atomic mass is 35.5. The smallest absolute Gasteiger partial charge is 0.293 e. The predicted molar refractivity (Wildman–Crippen MR) is 141 cm³/mol. The number of nitrogens with zero attached hydrogens (tertiary/aromatic N) is 4. The number of thiocarbonyl (C=S) groups is 1. The van der Waals surface area contributed by atoms with Gasteiger partial charge in [0.1, 0.15) is 10.8 Å². The molecule has 176 valence electrons. The maximum Gasteiger partial charge on any atom is 0.293 e. The summed E-state index contributed by atoms with van der Waals surface area (Å²) in [4.78, 5) is 13.4. The third-order valence-corrected chi connectivity index (χ3v) is 6.89. The van der Waals surface area contributed by atoms with Gasteiger partial charge >= 0.3 is 0 Å². The molecule has 8 nitrogen and oxygen atoms in total. The zero-order valence-corrected chi connectivity index (χ0v) is 21.2. The number of aryl methyl sites for hydroxylation is 1. The first-order valence-corrected chi connectivity index (χ1v) is 12.4. The second kappa shape index (κ2) is 9.74. The van der Waals surface area contributed by atoms with Crippen LogP contribution in [-0.2, 0) is 6.42 Å². The monoisotopic (exact) mass is 542 g/mol. The van der Waals surface area contributed by atoms with Crippen molar-refractivity contribution in [1.29, 1.82) is 0 Å². The molecule has 0 saturated carbocycles. The van der Waals surface area contributed by atoms with Crippen LogP contribution in [0.3, 0.4) is 0 Å². The van der Waals surface area contributed by atoms with Crippen LogP contribution in [0, 0.1) is 0 Å². The molecule has 0 unspecified atom stereocenters. The molecule has 0 fully saturated rings. The van der Waals surface area contributed by atoms with Crippen molar-refractivity contribution >= 4 is 68.4 Å². The molecule has 0 saturated heterocycles. The molecule has 35 heavy (non-hydrogen) atoms. The van der Waals surface area contributed by atoms with E-state index in [1.165, 1.54) is 11.3 Å². The highest BCUT2D eigenvalue weighted by Gasteiger charge is 2.16. The average Bonchev–Trinajstić information content (AvgIpc) is 3.57. The molecule has 0 aliphatic carbocycles. The van der Waals surface area contributed by atoms with Crippen molar-refractivity contribution in [3.8, 4) is 21.9 Å². The Bertz CT molecular complexity index is 1580. The predicted octanol–water partition coefficient (Wildman–Crippen LogP) is 6.11. The lowest BCUT2D eigenvalue weighted by molar-refractivity contribution is 0.0951. The number of anilines is 1. The molecule has 3 aromatic heterocycles. The van der Waals surface area contributed by atoms with Crippen molar-refractivity contribution < 1.29 is 9.21 Å². The van der Waals surface area contributed by atoms with Crippen molar-refractivity contribution in [3.05, 3.63) is 76.2 Å². The van der Waals surface area contributed by atoms with Gasteiger partial charge < -0.3 is 9.73 Å². The van der Waals surface area contributed by atoms with Crippen LogP contribution in [0.4, 0.5) is 5.69 Å². The van der Waals surface area contributed by atoms with Crippen molar-refractivity contribution in [3.63, 3.8) is 0 Å². The van der Waals surface area contributed by atoms with Gasteiger partial charge in [-0.1, -0.05) is 53.6 Å². The Labute approximate surface area is 218 Å². The first-order valence-electron chi connectivity index (χ1n) is 10.4. The summed E-state index contributed by atoms with van der Waals surface area (Å²) in [5, 5.41) is 20.3. The van der Waals surface area contributed by atoms with Crippen LogP contribution in [0.2, 0.25) is 10.0 Å². The number of furan rings is 1. The third kappa shape index (κ3) is 4.92. The van der Waals surface area contributed by atoms with E-state index in [0.717, 1.165) is 27.8 Å². The van der Waals surface area contributed by atoms with Crippen LogP contribution in [0.1, 0.15) is 23.3 Å². The SMILES string of the molecule is CCc1nnc2sc(-c3cccc(NC(=S)NC(=O)c4ccc(-c5ccc(Cl)c(Cl)c5)o4)c3)nn12. The fourth-order valence-electron chi connectivity index (χ4n) is 3.32. The highest BCUT2D eigenvalue weighted by Crippen LogP contribution is 2.30. The van der Waals surface area contributed by atoms with E-state index in [1.54, 1.807) is 34.8 Å². The first-order chi connectivity index (χ1) is 16.9. The van der Waals surface area contributed by atoms with E-state index in [2.05, 4.69) is 25.9 Å². The molecule has 0 aliphatic rings. The van der Waals surface area contributed by atoms with Gasteiger partial charge in [-0.25, -0.2) is 0 Å². The average molecular weight is 543 g/mol. The number of benzene rings is 2. The van der Waals surface area contributed by atoms with Crippen LogP contribution in [-0.4, -0.2) is 30.8 Å². The normalized spacial score (nSPS) is 11.1. The number of carbonyl (C=O) groups is 1. The van der Waals surface area contributed by atoms with Gasteiger partial charge in [0.25, 0.3) is 5.91 Å². The first kappa shape index (κ1) is 23.4. The lowest BCUT2D eigenvalue weighted by Gasteiger charge is -2.09. The molecular formula is C23H16Cl2N6O2S2. The molecular weight excluding hydrogens is 527 g/mol. The largest absolute Gasteiger partial charge is 0.451 e. The van der Waals surface area contributed by atoms with Gasteiger partial charge in [-0.3, -0.25) is 10.1 Å². The molecule has 0 spiro atoms. The van der Waals surface area contributed by atoms with Crippen molar-refractivity contribution in [1.82, 2.24) is 25.1 Å². The summed E-state index contributed by atoms with van der Waals surface area (Å²) in [7, 11) is 0. The lowest BCUT2D eigenvalue weighted by atomic mass is 10.2. The summed E-state index contributed by atoms with van der Waals surface area (Å²) in [6.07, 6.45) is 0.741. The zero-order chi connectivity index (χ0) is 24.5. The summed E-state index contributed by atoms with van der Waals surface area (Å²) in [5.74, 6) is 0.915. The van der Waals surface area contributed by atoms with E-state index in [9.17, 15) is 4.79 Å². The number of nitrogens with one attached hydrogen (secondary N) is 2. The Hall–Kier alpha value is -3.31. The number of carbonyl (C=O) groups excluding carboxylic acids is 1. The molecule has 1 amide bonds. The number of hydrogen-bond acceptors (Lipinski definition) is 7. The van der Waals surface area contributed by atoms with Crippen LogP contribution in [0.5, 0.6) is 0 Å². The van der Waals surface area contributed by atoms with Gasteiger partial charge in [0.15, 0.2) is 16.7 Å². The van der Waals surface area contributed by atoms with E-state index >= 15 is 0 Å². The van der Waals surface area contributed by atoms with Crippen LogP contribution in [0.25, 0.3) is 26.9 Å². The molecule has 0 bridgehead atoms. The molecule has 0 atom stereocenters. The van der Waals surface area contributed by atoms with Crippen molar-refractivity contribution in [2.24, 2.45) is 0 Å². The van der Waals surface area contributed by atoms with Crippen molar-refractivity contribution in [2.45, 2.75) is 13.3 Å². The van der Waals surface area contributed by atoms with Gasteiger partial charge in [-0.2, -0.15) is 9.61 Å². The Morgan fingerprint density at radius 3 is 2.74 bits per heavy atom. The standard InChI is InChI=1S/C23H16Cl2N6O2S2/c1-2-19-28-29-23-31(19)30-21(35-23)13-4-3-5-14(10-13)26-22(34)27-20(32)18-9-8-17(33-18)12-6-7-15(24)16(25)11-12/h3-11H,2H2,1H3,(H2,26,27,32,34). The molecule has 5 aromatic rings. The quantitative estimate of drug-likeness (QED) is 0.258. The van der Waals surface area contributed by atoms with Crippen LogP contribution < -0.4 is 10.6 Å². The molecule has 12 heteroatoms. The lowest BCUT2D eigenvalue weighted by Crippen LogP contribution is -2.33. The van der Waals surface area contributed by atoms with Gasteiger partial charge in [0.05, 0.1) is 10.0 Å². The summed E-state index contributed by atoms with van der Waals surface area (Å²) >= 11 is 18.8. The summed E-state index contributed by atoms with van der Waals surface area (Å²) < 4.78 is 7.42. The van der Waals surface area contributed by atoms with E-state index in [4.69, 9.17) is 39.8 Å². The molecule has 2 aromatic carbocycles. The molecule has 3 heterocycles. The Kier molecular flexibility index (Phi) is 6.52. The van der Waals surface area contributed by atoms with Gasteiger partial charge in [-0.05, 0) is 54.7 Å². The summed E-state index contributed by atoms with van der Waals surface area (Å²) in [6.45, 7) is 2.01. The highest BCUT2D eigenvalue weighted by molar-refractivity contribution is 7.80. The minimum Gasteiger partial charge on any atom is -0.451 e. The van der Waals surface area contributed by atoms with Gasteiger partial charge in [-0.15, -0.1) is 10.2 Å². The maximum absolute atomic E-state index is 12.6. The third-order valence-electron chi connectivity index (χ3n) is 5.00. The Morgan fingerprint density at radius 2 is 1.94 bits per heavy atom. The zero-order valence-electron chi connectivity index (χ0n) is 18.1. The van der Waals surface area contributed by atoms with Crippen molar-refractivity contribution in [2.75, 3.05) is 5.32 Å². The molecule has 0 radical (unpaired) electrons. The second-order valence-electron chi connectivity index (χ2n) is 7.35. The van der Waals surface area contributed by atoms with E-state index < -0.39 is 5.91 Å². The minimum atomic E-state index is -0.481. The van der Waals surface area contributed by atoms with Crippen LogP contribution in [0.15, 0.2) is 59.0 Å². The van der Waals surface area contributed by atoms with Gasteiger partial charge in [0.2, 0.25) is 4.96 Å². The van der Waals surface area contributed by atoms with E-state index in [0.29, 0.717) is 27.1 Å². The second-order valence-corrected chi connectivity index (χ2v) is 9.53. The fraction of sp³-hybridized carbons (Fsp3) is 0.0870. The fourth-order valence-corrected chi connectivity index (χ4v) is 4.68. The van der Waals surface area contributed by atoms with E-state index in [-0.39, 0.29) is 10.9 Å². The number of rotatable bonds is 5. The summed E-state index contributed by atoms with van der Waals surface area (Å²) in [5.41, 5.74) is 2.29. The number of hydrogen-bond donors (Lipinski definition) is 2. The van der Waals surface area contributed by atoms with E-state index in [1.807, 2.05) is 31.2 Å². The topological polar surface area (TPSA) is 97.3 Å². The van der Waals surface area contributed by atoms with Crippen LogP contribution >= 0.6 is 46.8 Å². The number of halogens is 2. The maximum atomic E-state index is 12.6. The number of amides is 1. The number of fused-ring (bicyclic) bond motifs is 1. The minimum absolute atomic E-state index is 0.107. The molecule has 2 N–H and O–H groups in total. The summed E-state index contributed by atoms with van der Waals surface area (Å²) in [6, 6.07) is 15.9. The molecule has 5 rings (SSSR count). The Balaban J connectivity index is 1.26. The van der Waals surface area contributed by atoms with Gasteiger partial charge in [0, 0.05) is 23.2 Å².